The second kappa shape index (κ2) is 10.2. The first-order valence-electron chi connectivity index (χ1n) is 11.8. The molecule has 0 saturated carbocycles. The lowest BCUT2D eigenvalue weighted by molar-refractivity contribution is -0.142. The van der Waals surface area contributed by atoms with Crippen LogP contribution in [0.5, 0.6) is 5.75 Å². The van der Waals surface area contributed by atoms with E-state index in [1.807, 2.05) is 19.9 Å². The second-order valence-electron chi connectivity index (χ2n) is 8.64. The number of aromatic nitrogens is 1. The van der Waals surface area contributed by atoms with Gasteiger partial charge in [0, 0.05) is 24.8 Å². The number of carbonyl (C=O) groups is 2. The summed E-state index contributed by atoms with van der Waals surface area (Å²) >= 11 is 0. The van der Waals surface area contributed by atoms with Gasteiger partial charge < -0.3 is 20.5 Å². The van der Waals surface area contributed by atoms with Gasteiger partial charge in [0.05, 0.1) is 23.1 Å². The fraction of sp³-hybridized carbons (Fsp3) is 0.458. The van der Waals surface area contributed by atoms with Crippen LogP contribution in [0, 0.1) is 5.92 Å². The van der Waals surface area contributed by atoms with Crippen molar-refractivity contribution in [1.29, 1.82) is 0 Å². The van der Waals surface area contributed by atoms with E-state index < -0.39 is 28.1 Å². The molecule has 1 amide bonds. The Kier molecular flexibility index (Phi) is 7.27. The number of pyridine rings is 1. The normalized spacial score (nSPS) is 18.9. The Morgan fingerprint density at radius 1 is 1.20 bits per heavy atom. The summed E-state index contributed by atoms with van der Waals surface area (Å²) in [5.74, 6) is -1.34. The van der Waals surface area contributed by atoms with E-state index in [0.717, 1.165) is 18.4 Å². The van der Waals surface area contributed by atoms with Gasteiger partial charge in [-0.2, -0.15) is 4.31 Å². The van der Waals surface area contributed by atoms with Crippen LogP contribution in [-0.4, -0.2) is 54.4 Å². The first-order chi connectivity index (χ1) is 16.8. The number of anilines is 1. The maximum absolute atomic E-state index is 13.4. The van der Waals surface area contributed by atoms with Crippen molar-refractivity contribution in [1.82, 2.24) is 14.6 Å². The van der Waals surface area contributed by atoms with E-state index in [2.05, 4.69) is 15.6 Å². The van der Waals surface area contributed by atoms with Gasteiger partial charge in [-0.05, 0) is 56.0 Å². The van der Waals surface area contributed by atoms with E-state index in [4.69, 9.17) is 4.74 Å². The van der Waals surface area contributed by atoms with Crippen molar-refractivity contribution in [2.24, 2.45) is 5.92 Å². The van der Waals surface area contributed by atoms with E-state index >= 15 is 0 Å². The average molecular weight is 503 g/mol. The predicted octanol–water partition coefficient (Wildman–Crippen LogP) is 2.77. The number of fused-ring (bicyclic) bond motifs is 1. The molecule has 11 heteroatoms. The zero-order chi connectivity index (χ0) is 25.2. The molecular formula is C24H30N4O6S. The molecular weight excluding hydrogens is 472 g/mol. The van der Waals surface area contributed by atoms with Crippen LogP contribution in [0.15, 0.2) is 35.4 Å². The molecule has 1 aromatic carbocycles. The van der Waals surface area contributed by atoms with Crippen molar-refractivity contribution < 1.29 is 27.9 Å². The number of ether oxygens (including phenoxy) is 1. The zero-order valence-electron chi connectivity index (χ0n) is 19.8. The monoisotopic (exact) mass is 502 g/mol. The number of sulfonamides is 1. The minimum atomic E-state index is -3.86. The van der Waals surface area contributed by atoms with Crippen LogP contribution in [0.1, 0.15) is 60.9 Å². The number of rotatable bonds is 8. The Labute approximate surface area is 204 Å². The third-order valence-electron chi connectivity index (χ3n) is 6.37. The third-order valence-corrected chi connectivity index (χ3v) is 8.26. The number of nitrogens with zero attached hydrogens (tertiary/aromatic N) is 2. The molecule has 1 saturated heterocycles. The van der Waals surface area contributed by atoms with Crippen molar-refractivity contribution in [2.75, 3.05) is 25.0 Å². The Morgan fingerprint density at radius 2 is 1.94 bits per heavy atom. The highest BCUT2D eigenvalue weighted by molar-refractivity contribution is 7.89. The second-order valence-corrected chi connectivity index (χ2v) is 10.6. The molecule has 3 heterocycles. The summed E-state index contributed by atoms with van der Waals surface area (Å²) < 4.78 is 33.9. The maximum Gasteiger partial charge on any atom is 0.306 e. The quantitative estimate of drug-likeness (QED) is 0.501. The lowest BCUT2D eigenvalue weighted by Crippen LogP contribution is -2.41. The van der Waals surface area contributed by atoms with Crippen LogP contribution in [0.25, 0.3) is 0 Å². The van der Waals surface area contributed by atoms with Crippen LogP contribution < -0.4 is 15.4 Å². The number of carboxylic acid groups (broad SMARTS) is 1. The number of nitrogens with one attached hydrogen (secondary N) is 2. The summed E-state index contributed by atoms with van der Waals surface area (Å²) in [4.78, 5) is 28.4. The molecule has 0 spiro atoms. The van der Waals surface area contributed by atoms with E-state index in [1.165, 1.54) is 16.4 Å². The SMILES string of the molecule is CCCc1ccnc2c1NC(c1cc(S(=O)(=O)N3CCC(C(=O)O)CC3)ccc1OCC)NC2=O. The van der Waals surface area contributed by atoms with Gasteiger partial charge in [-0.3, -0.25) is 9.59 Å². The van der Waals surface area contributed by atoms with Crippen LogP contribution in [-0.2, 0) is 21.2 Å². The Bertz CT molecular complexity index is 1220. The molecule has 2 aromatic rings. The number of amides is 1. The highest BCUT2D eigenvalue weighted by Gasteiger charge is 2.34. The van der Waals surface area contributed by atoms with Crippen molar-refractivity contribution >= 4 is 27.6 Å². The topological polar surface area (TPSA) is 138 Å². The number of aliphatic carboxylic acids is 1. The summed E-state index contributed by atoms with van der Waals surface area (Å²) in [6.07, 6.45) is 3.07. The Balaban J connectivity index is 1.68. The molecule has 0 bridgehead atoms. The van der Waals surface area contributed by atoms with Gasteiger partial charge in [0.25, 0.3) is 5.91 Å². The summed E-state index contributed by atoms with van der Waals surface area (Å²) in [6.45, 7) is 4.52. The number of piperidine rings is 1. The molecule has 188 valence electrons. The van der Waals surface area contributed by atoms with Gasteiger partial charge in [-0.15, -0.1) is 0 Å². The van der Waals surface area contributed by atoms with Crippen LogP contribution in [0.3, 0.4) is 0 Å². The fourth-order valence-electron chi connectivity index (χ4n) is 4.54. The van der Waals surface area contributed by atoms with E-state index in [9.17, 15) is 23.1 Å². The van der Waals surface area contributed by atoms with E-state index in [-0.39, 0.29) is 36.7 Å². The van der Waals surface area contributed by atoms with Crippen LogP contribution in [0.2, 0.25) is 0 Å². The predicted molar refractivity (Wildman–Crippen MR) is 129 cm³/mol. The van der Waals surface area contributed by atoms with Crippen molar-refractivity contribution in [3.8, 4) is 5.75 Å². The summed E-state index contributed by atoms with van der Waals surface area (Å²) in [5.41, 5.74) is 2.38. The molecule has 0 aliphatic carbocycles. The minimum absolute atomic E-state index is 0.0616. The molecule has 3 N–H and O–H groups in total. The van der Waals surface area contributed by atoms with Crippen molar-refractivity contribution in [3.63, 3.8) is 0 Å². The lowest BCUT2D eigenvalue weighted by Gasteiger charge is -2.31. The van der Waals surface area contributed by atoms with Gasteiger partial charge in [0.15, 0.2) is 5.69 Å². The number of carboxylic acids is 1. The van der Waals surface area contributed by atoms with Crippen LogP contribution in [0.4, 0.5) is 5.69 Å². The molecule has 1 fully saturated rings. The number of carbonyl (C=O) groups excluding carboxylic acids is 1. The standard InChI is InChI=1S/C24H30N4O6S/c1-3-5-15-8-11-25-21-20(15)26-22(27-23(21)29)18-14-17(6-7-19(18)34-4-2)35(32,33)28-12-9-16(10-13-28)24(30)31/h6-8,11,14,16,22,26H,3-5,9-10,12-13H2,1-2H3,(H,27,29)(H,30,31). The molecule has 2 aliphatic rings. The Morgan fingerprint density at radius 3 is 2.60 bits per heavy atom. The number of aryl methyl sites for hydroxylation is 1. The fourth-order valence-corrected chi connectivity index (χ4v) is 6.05. The molecule has 1 unspecified atom stereocenters. The average Bonchev–Trinajstić information content (AvgIpc) is 2.85. The number of hydrogen-bond donors (Lipinski definition) is 3. The van der Waals surface area contributed by atoms with Crippen LogP contribution >= 0.6 is 0 Å². The summed E-state index contributed by atoms with van der Waals surface area (Å²) in [6, 6.07) is 6.46. The zero-order valence-corrected chi connectivity index (χ0v) is 20.6. The minimum Gasteiger partial charge on any atom is -0.493 e. The van der Waals surface area contributed by atoms with Crippen molar-refractivity contribution in [2.45, 2.75) is 50.6 Å². The molecule has 0 radical (unpaired) electrons. The summed E-state index contributed by atoms with van der Waals surface area (Å²) in [5, 5.41) is 15.4. The molecule has 35 heavy (non-hydrogen) atoms. The third kappa shape index (κ3) is 4.96. The van der Waals surface area contributed by atoms with E-state index in [0.29, 0.717) is 29.3 Å². The van der Waals surface area contributed by atoms with Gasteiger partial charge in [0.2, 0.25) is 10.0 Å². The van der Waals surface area contributed by atoms with Gasteiger partial charge in [0.1, 0.15) is 11.9 Å². The molecule has 1 atom stereocenters. The number of benzene rings is 1. The van der Waals surface area contributed by atoms with E-state index in [1.54, 1.807) is 12.3 Å². The van der Waals surface area contributed by atoms with Gasteiger partial charge in [-0.25, -0.2) is 13.4 Å². The molecule has 4 rings (SSSR count). The highest BCUT2D eigenvalue weighted by atomic mass is 32.2. The first kappa shape index (κ1) is 24.9. The Hall–Kier alpha value is -3.18. The number of hydrogen-bond acceptors (Lipinski definition) is 7. The molecule has 2 aliphatic heterocycles. The summed E-state index contributed by atoms with van der Waals surface area (Å²) in [7, 11) is -3.86. The van der Waals surface area contributed by atoms with Crippen molar-refractivity contribution in [3.05, 3.63) is 47.3 Å². The van der Waals surface area contributed by atoms with Gasteiger partial charge >= 0.3 is 5.97 Å². The van der Waals surface area contributed by atoms with Gasteiger partial charge in [-0.1, -0.05) is 13.3 Å². The smallest absolute Gasteiger partial charge is 0.306 e. The largest absolute Gasteiger partial charge is 0.493 e. The molecule has 10 nitrogen and oxygen atoms in total. The highest BCUT2D eigenvalue weighted by Crippen LogP contribution is 2.35. The molecule has 1 aromatic heterocycles. The lowest BCUT2D eigenvalue weighted by atomic mass is 9.99. The first-order valence-corrected chi connectivity index (χ1v) is 13.2. The maximum atomic E-state index is 13.4.